The quantitative estimate of drug-likeness (QED) is 0.158. The number of nitrogens with zero attached hydrogens (tertiary/aromatic N) is 2. The van der Waals surface area contributed by atoms with Crippen LogP contribution in [0.4, 0.5) is 20.2 Å². The van der Waals surface area contributed by atoms with Gasteiger partial charge in [0.25, 0.3) is 0 Å². The van der Waals surface area contributed by atoms with E-state index in [1.165, 1.54) is 12.1 Å². The molecule has 2 unspecified atom stereocenters. The van der Waals surface area contributed by atoms with Gasteiger partial charge in [-0.2, -0.15) is 0 Å². The number of aliphatic hydroxyl groups is 1. The summed E-state index contributed by atoms with van der Waals surface area (Å²) >= 11 is 6.17. The van der Waals surface area contributed by atoms with Gasteiger partial charge in [-0.3, -0.25) is 9.59 Å². The fourth-order valence-corrected chi connectivity index (χ4v) is 8.63. The van der Waals surface area contributed by atoms with Gasteiger partial charge in [-0.1, -0.05) is 116 Å². The van der Waals surface area contributed by atoms with Crippen LogP contribution in [0, 0.1) is 11.6 Å². The number of rotatable bonds is 9. The van der Waals surface area contributed by atoms with Crippen molar-refractivity contribution in [1.82, 2.24) is 0 Å². The van der Waals surface area contributed by atoms with Gasteiger partial charge >= 0.3 is 0 Å². The van der Waals surface area contributed by atoms with Crippen molar-refractivity contribution < 1.29 is 23.5 Å². The van der Waals surface area contributed by atoms with Gasteiger partial charge in [-0.05, 0) is 102 Å². The number of carbonyl (C=O) groups excluding carboxylic acids is 2. The number of aliphatic hydroxyl groups excluding tert-OH is 1. The Morgan fingerprint density at radius 3 is 1.84 bits per heavy atom. The highest BCUT2D eigenvalue weighted by atomic mass is 35.5. The molecule has 2 heterocycles. The van der Waals surface area contributed by atoms with E-state index in [4.69, 9.17) is 11.6 Å². The highest BCUT2D eigenvalue weighted by molar-refractivity contribution is 6.30. The summed E-state index contributed by atoms with van der Waals surface area (Å²) < 4.78 is 27.5. The van der Waals surface area contributed by atoms with E-state index in [9.17, 15) is 23.5 Å². The van der Waals surface area contributed by atoms with E-state index in [0.717, 1.165) is 58.3 Å². The van der Waals surface area contributed by atoms with Gasteiger partial charge in [0, 0.05) is 71.4 Å². The molecule has 5 nitrogen and oxygen atoms in total. The summed E-state index contributed by atoms with van der Waals surface area (Å²) in [7, 11) is 0. The third kappa shape index (κ3) is 9.07. The van der Waals surface area contributed by atoms with Crippen molar-refractivity contribution in [3.8, 4) is 22.3 Å². The van der Waals surface area contributed by atoms with Crippen molar-refractivity contribution in [3.63, 3.8) is 0 Å². The van der Waals surface area contributed by atoms with E-state index < -0.39 is 11.6 Å². The molecule has 0 bridgehead atoms. The molecular formula is C50H47ClF2N2O3. The monoisotopic (exact) mass is 796 g/mol. The first kappa shape index (κ1) is 40.6. The maximum absolute atomic E-state index is 14.3. The topological polar surface area (TPSA) is 60.9 Å². The molecule has 0 radical (unpaired) electrons. The van der Waals surface area contributed by atoms with Gasteiger partial charge < -0.3 is 14.9 Å². The predicted molar refractivity (Wildman–Crippen MR) is 230 cm³/mol. The third-order valence-electron chi connectivity index (χ3n) is 11.7. The number of hydrogen-bond donors (Lipinski definition) is 1. The van der Waals surface area contributed by atoms with Crippen molar-refractivity contribution >= 4 is 34.8 Å². The van der Waals surface area contributed by atoms with Gasteiger partial charge in [0.05, 0.1) is 0 Å². The second-order valence-corrected chi connectivity index (χ2v) is 16.0. The van der Waals surface area contributed by atoms with E-state index in [-0.39, 0.29) is 29.3 Å². The zero-order valence-electron chi connectivity index (χ0n) is 32.6. The van der Waals surface area contributed by atoms with E-state index in [2.05, 4.69) is 49.4 Å². The molecule has 58 heavy (non-hydrogen) atoms. The molecule has 0 spiro atoms. The first-order valence-electron chi connectivity index (χ1n) is 19.8. The van der Waals surface area contributed by atoms with Gasteiger partial charge in [0.1, 0.15) is 11.6 Å². The minimum atomic E-state index is -0.630. The SMILES string of the molecule is CC1(c2cccc(Cl)c2)CCN(c2cccc(-c3ccccc3)c2)C(=O)C1.O=C1CC(CCCO)(c2ccccc2)CCN1c1cccc(-c2ccc(F)cc2F)c1. The minimum absolute atomic E-state index is 0.00442. The van der Waals surface area contributed by atoms with E-state index in [1.807, 2.05) is 77.7 Å². The number of piperidine rings is 2. The normalized spacial score (nSPS) is 19.4. The molecule has 2 fully saturated rings. The van der Waals surface area contributed by atoms with Crippen LogP contribution in [0.5, 0.6) is 0 Å². The lowest BCUT2D eigenvalue weighted by atomic mass is 9.69. The van der Waals surface area contributed by atoms with Crippen molar-refractivity contribution in [2.45, 2.75) is 56.3 Å². The summed E-state index contributed by atoms with van der Waals surface area (Å²) in [6, 6.07) is 47.1. The van der Waals surface area contributed by atoms with Gasteiger partial charge in [0.2, 0.25) is 11.8 Å². The van der Waals surface area contributed by atoms with Crippen LogP contribution in [0.2, 0.25) is 5.02 Å². The highest BCUT2D eigenvalue weighted by Gasteiger charge is 2.40. The minimum Gasteiger partial charge on any atom is -0.396 e. The lowest BCUT2D eigenvalue weighted by Crippen LogP contribution is -2.46. The third-order valence-corrected chi connectivity index (χ3v) is 12.0. The summed E-state index contributed by atoms with van der Waals surface area (Å²) in [5, 5.41) is 10.1. The molecule has 6 aromatic rings. The van der Waals surface area contributed by atoms with Gasteiger partial charge in [0.15, 0.2) is 0 Å². The van der Waals surface area contributed by atoms with Gasteiger partial charge in [-0.15, -0.1) is 0 Å². The summed E-state index contributed by atoms with van der Waals surface area (Å²) in [6.45, 7) is 3.50. The summed E-state index contributed by atoms with van der Waals surface area (Å²) in [5.74, 6) is -1.09. The molecule has 0 saturated carbocycles. The molecule has 8 heteroatoms. The molecule has 2 aliphatic heterocycles. The molecule has 2 aliphatic rings. The number of halogens is 3. The average molecular weight is 797 g/mol. The number of amides is 2. The summed E-state index contributed by atoms with van der Waals surface area (Å²) in [4.78, 5) is 29.9. The van der Waals surface area contributed by atoms with Crippen LogP contribution in [0.25, 0.3) is 22.3 Å². The van der Waals surface area contributed by atoms with Crippen LogP contribution in [0.15, 0.2) is 152 Å². The van der Waals surface area contributed by atoms with Crippen molar-refractivity contribution in [2.75, 3.05) is 29.5 Å². The smallest absolute Gasteiger partial charge is 0.227 e. The number of hydrogen-bond acceptors (Lipinski definition) is 3. The number of benzene rings is 6. The Balaban J connectivity index is 0.000000178. The zero-order valence-corrected chi connectivity index (χ0v) is 33.3. The van der Waals surface area contributed by atoms with E-state index in [0.29, 0.717) is 49.2 Å². The van der Waals surface area contributed by atoms with Crippen LogP contribution in [0.3, 0.4) is 0 Å². The van der Waals surface area contributed by atoms with Crippen LogP contribution < -0.4 is 9.80 Å². The molecule has 0 aliphatic carbocycles. The van der Waals surface area contributed by atoms with Gasteiger partial charge in [-0.25, -0.2) is 8.78 Å². The Labute approximate surface area is 344 Å². The van der Waals surface area contributed by atoms with Crippen LogP contribution in [-0.2, 0) is 20.4 Å². The Hall–Kier alpha value is -5.63. The molecule has 0 aromatic heterocycles. The lowest BCUT2D eigenvalue weighted by molar-refractivity contribution is -0.122. The first-order chi connectivity index (χ1) is 28.1. The molecule has 296 valence electrons. The van der Waals surface area contributed by atoms with Crippen LogP contribution >= 0.6 is 11.6 Å². The lowest BCUT2D eigenvalue weighted by Gasteiger charge is -2.42. The van der Waals surface area contributed by atoms with E-state index >= 15 is 0 Å². The highest BCUT2D eigenvalue weighted by Crippen LogP contribution is 2.42. The number of anilines is 2. The van der Waals surface area contributed by atoms with Crippen LogP contribution in [-0.4, -0.2) is 36.6 Å². The Kier molecular flexibility index (Phi) is 12.5. The Morgan fingerprint density at radius 2 is 1.21 bits per heavy atom. The molecule has 2 amide bonds. The molecule has 1 N–H and O–H groups in total. The maximum Gasteiger partial charge on any atom is 0.227 e. The molecule has 2 atom stereocenters. The standard InChI is InChI=1S/C26H25F2NO2.C24H22ClNO/c27-21-10-11-23(24(28)17-21)19-6-4-9-22(16-19)29-14-13-26(12-5-15-30,18-25(29)31)20-7-2-1-3-8-20;1-24(20-10-6-11-21(25)16-20)13-14-26(23(27)17-24)22-12-5-9-19(15-22)18-7-3-2-4-8-18/h1-4,6-11,16-17,30H,5,12-15,18H2;2-12,15-16H,13-14,17H2,1H3. The number of carbonyl (C=O) groups is 2. The van der Waals surface area contributed by atoms with Crippen molar-refractivity contribution in [1.29, 1.82) is 0 Å². The summed E-state index contributed by atoms with van der Waals surface area (Å²) in [5.41, 5.74) is 6.66. The zero-order chi connectivity index (χ0) is 40.7. The Bertz CT molecular complexity index is 2370. The fourth-order valence-electron chi connectivity index (χ4n) is 8.44. The average Bonchev–Trinajstić information content (AvgIpc) is 3.24. The first-order valence-corrected chi connectivity index (χ1v) is 20.2. The largest absolute Gasteiger partial charge is 0.396 e. The predicted octanol–water partition coefficient (Wildman–Crippen LogP) is 11.6. The van der Waals surface area contributed by atoms with Crippen LogP contribution in [0.1, 0.15) is 56.6 Å². The second-order valence-electron chi connectivity index (χ2n) is 15.6. The molecule has 2 saturated heterocycles. The second kappa shape index (κ2) is 17.9. The van der Waals surface area contributed by atoms with Crippen molar-refractivity contribution in [2.24, 2.45) is 0 Å². The van der Waals surface area contributed by atoms with E-state index in [1.54, 1.807) is 23.1 Å². The fraction of sp³-hybridized carbons (Fsp3) is 0.240. The Morgan fingerprint density at radius 1 is 0.621 bits per heavy atom. The molecular weight excluding hydrogens is 750 g/mol. The summed E-state index contributed by atoms with van der Waals surface area (Å²) in [6.07, 6.45) is 3.91. The van der Waals surface area contributed by atoms with Crippen molar-refractivity contribution in [3.05, 3.63) is 179 Å². The maximum atomic E-state index is 14.3. The molecule has 8 rings (SSSR count). The molecule has 6 aromatic carbocycles.